The molecule has 1 aromatic rings. The molecule has 3 rings (SSSR count). The molecule has 1 spiro atoms. The van der Waals surface area contributed by atoms with E-state index in [0.717, 1.165) is 25.7 Å². The molecule has 7 heteroatoms. The van der Waals surface area contributed by atoms with E-state index in [1.165, 1.54) is 0 Å². The number of carbonyl (C=O) groups excluding carboxylic acids is 1. The predicted octanol–water partition coefficient (Wildman–Crippen LogP) is 1.14. The molecule has 2 heterocycles. The molecule has 1 aliphatic heterocycles. The second kappa shape index (κ2) is 5.37. The fourth-order valence-electron chi connectivity index (χ4n) is 3.96. The molecule has 1 atom stereocenters. The van der Waals surface area contributed by atoms with E-state index in [1.54, 1.807) is 23.4 Å². The summed E-state index contributed by atoms with van der Waals surface area (Å²) in [6, 6.07) is -0.699. The molecule has 1 aromatic heterocycles. The maximum Gasteiger partial charge on any atom is 0.326 e. The molecule has 1 aliphatic carbocycles. The molecule has 2 fully saturated rings. The van der Waals surface area contributed by atoms with Crippen LogP contribution in [0.15, 0.2) is 0 Å². The molecule has 0 bridgehead atoms. The largest absolute Gasteiger partial charge is 0.480 e. The topological polar surface area (TPSA) is 88.3 Å². The molecule has 1 unspecified atom stereocenters. The molecule has 22 heavy (non-hydrogen) atoms. The number of carboxylic acids is 1. The van der Waals surface area contributed by atoms with Gasteiger partial charge in [0.25, 0.3) is 0 Å². The van der Waals surface area contributed by atoms with Crippen LogP contribution in [0.5, 0.6) is 0 Å². The van der Waals surface area contributed by atoms with E-state index in [2.05, 4.69) is 10.1 Å². The van der Waals surface area contributed by atoms with Crippen LogP contribution in [-0.2, 0) is 16.1 Å². The summed E-state index contributed by atoms with van der Waals surface area (Å²) < 4.78 is 1.55. The van der Waals surface area contributed by atoms with Crippen LogP contribution in [0.25, 0.3) is 0 Å². The lowest BCUT2D eigenvalue weighted by atomic mass is 9.84. The first-order chi connectivity index (χ1) is 10.4. The van der Waals surface area contributed by atoms with Gasteiger partial charge in [-0.15, -0.1) is 0 Å². The van der Waals surface area contributed by atoms with Gasteiger partial charge in [-0.2, -0.15) is 5.10 Å². The summed E-state index contributed by atoms with van der Waals surface area (Å²) in [6.07, 6.45) is 4.92. The van der Waals surface area contributed by atoms with Gasteiger partial charge in [0.1, 0.15) is 24.2 Å². The molecule has 7 nitrogen and oxygen atoms in total. The zero-order valence-corrected chi connectivity index (χ0v) is 13.1. The van der Waals surface area contributed by atoms with Crippen LogP contribution in [-0.4, -0.2) is 49.2 Å². The summed E-state index contributed by atoms with van der Waals surface area (Å²) in [5.74, 6) is 0.217. The number of carbonyl (C=O) groups is 2. The second-order valence-corrected chi connectivity index (χ2v) is 6.65. The number of aryl methyl sites for hydroxylation is 2. The number of likely N-dealkylation sites (tertiary alicyclic amines) is 1. The molecular weight excluding hydrogens is 284 g/mol. The van der Waals surface area contributed by atoms with Gasteiger partial charge < -0.3 is 10.0 Å². The monoisotopic (exact) mass is 306 g/mol. The minimum atomic E-state index is -0.899. The van der Waals surface area contributed by atoms with Crippen LogP contribution in [0, 0.1) is 19.3 Å². The van der Waals surface area contributed by atoms with Gasteiger partial charge in [-0.25, -0.2) is 14.5 Å². The molecule has 120 valence electrons. The lowest BCUT2D eigenvalue weighted by molar-refractivity contribution is -0.148. The van der Waals surface area contributed by atoms with Gasteiger partial charge in [0.2, 0.25) is 5.91 Å². The summed E-state index contributed by atoms with van der Waals surface area (Å²) >= 11 is 0. The predicted molar refractivity (Wildman–Crippen MR) is 78.2 cm³/mol. The summed E-state index contributed by atoms with van der Waals surface area (Å²) in [4.78, 5) is 29.9. The highest BCUT2D eigenvalue weighted by Crippen LogP contribution is 2.47. The molecule has 1 N–H and O–H groups in total. The van der Waals surface area contributed by atoms with Crippen molar-refractivity contribution in [1.29, 1.82) is 0 Å². The number of nitrogens with zero attached hydrogens (tertiary/aromatic N) is 4. The van der Waals surface area contributed by atoms with Crippen molar-refractivity contribution in [1.82, 2.24) is 19.7 Å². The third-order valence-electron chi connectivity index (χ3n) is 5.03. The van der Waals surface area contributed by atoms with E-state index >= 15 is 0 Å². The van der Waals surface area contributed by atoms with Crippen molar-refractivity contribution in [3.63, 3.8) is 0 Å². The number of hydrogen-bond acceptors (Lipinski definition) is 4. The first kappa shape index (κ1) is 15.0. The Morgan fingerprint density at radius 3 is 2.55 bits per heavy atom. The van der Waals surface area contributed by atoms with Crippen molar-refractivity contribution in [2.45, 2.75) is 58.5 Å². The van der Waals surface area contributed by atoms with Crippen molar-refractivity contribution in [3.05, 3.63) is 11.6 Å². The lowest BCUT2D eigenvalue weighted by Gasteiger charge is -2.24. The van der Waals surface area contributed by atoms with Crippen LogP contribution in [0.4, 0.5) is 0 Å². The van der Waals surface area contributed by atoms with Gasteiger partial charge in [0, 0.05) is 6.54 Å². The second-order valence-electron chi connectivity index (χ2n) is 6.65. The number of hydrogen-bond donors (Lipinski definition) is 1. The SMILES string of the molecule is Cc1nc(C)n(CC(=O)N2CC3(CCCC3)CC2C(=O)O)n1. The Balaban J connectivity index is 1.77. The average molecular weight is 306 g/mol. The normalized spacial score (nSPS) is 23.4. The summed E-state index contributed by atoms with van der Waals surface area (Å²) in [5.41, 5.74) is 0.0199. The van der Waals surface area contributed by atoms with Crippen molar-refractivity contribution < 1.29 is 14.7 Å². The van der Waals surface area contributed by atoms with Gasteiger partial charge in [-0.3, -0.25) is 4.79 Å². The zero-order valence-electron chi connectivity index (χ0n) is 13.1. The third kappa shape index (κ3) is 2.60. The minimum Gasteiger partial charge on any atom is -0.480 e. The van der Waals surface area contributed by atoms with Crippen molar-refractivity contribution in [2.75, 3.05) is 6.54 Å². The van der Waals surface area contributed by atoms with Gasteiger partial charge in [0.05, 0.1) is 0 Å². The highest BCUT2D eigenvalue weighted by molar-refractivity contribution is 5.84. The lowest BCUT2D eigenvalue weighted by Crippen LogP contribution is -2.42. The Morgan fingerprint density at radius 2 is 2.00 bits per heavy atom. The first-order valence-electron chi connectivity index (χ1n) is 7.81. The van der Waals surface area contributed by atoms with E-state index in [9.17, 15) is 14.7 Å². The van der Waals surface area contributed by atoms with Crippen LogP contribution in [0.3, 0.4) is 0 Å². The van der Waals surface area contributed by atoms with Crippen LogP contribution < -0.4 is 0 Å². The standard InChI is InChI=1S/C15H22N4O3/c1-10-16-11(2)19(17-10)8-13(20)18-9-15(5-3-4-6-15)7-12(18)14(21)22/h12H,3-9H2,1-2H3,(H,21,22). The molecule has 0 aromatic carbocycles. The first-order valence-corrected chi connectivity index (χ1v) is 7.81. The Bertz CT molecular complexity index is 604. The van der Waals surface area contributed by atoms with Gasteiger partial charge >= 0.3 is 5.97 Å². The fraction of sp³-hybridized carbons (Fsp3) is 0.733. The Labute approximate surface area is 129 Å². The van der Waals surface area contributed by atoms with Crippen molar-refractivity contribution in [2.24, 2.45) is 5.41 Å². The highest BCUT2D eigenvalue weighted by Gasteiger charge is 2.49. The fourth-order valence-corrected chi connectivity index (χ4v) is 3.96. The minimum absolute atomic E-state index is 0.0199. The molecule has 1 saturated carbocycles. The summed E-state index contributed by atoms with van der Waals surface area (Å²) in [6.45, 7) is 4.20. The Kier molecular flexibility index (Phi) is 3.66. The van der Waals surface area contributed by atoms with Gasteiger partial charge in [-0.05, 0) is 38.5 Å². The number of rotatable bonds is 3. The maximum absolute atomic E-state index is 12.6. The molecule has 0 radical (unpaired) electrons. The highest BCUT2D eigenvalue weighted by atomic mass is 16.4. The molecule has 1 saturated heterocycles. The van der Waals surface area contributed by atoms with Crippen molar-refractivity contribution in [3.8, 4) is 0 Å². The van der Waals surface area contributed by atoms with E-state index in [0.29, 0.717) is 24.6 Å². The smallest absolute Gasteiger partial charge is 0.326 e. The Morgan fingerprint density at radius 1 is 1.32 bits per heavy atom. The van der Waals surface area contributed by atoms with Crippen LogP contribution in [0.1, 0.15) is 43.8 Å². The molecule has 2 aliphatic rings. The zero-order chi connectivity index (χ0) is 15.9. The maximum atomic E-state index is 12.6. The number of aromatic nitrogens is 3. The Hall–Kier alpha value is -1.92. The van der Waals surface area contributed by atoms with Gasteiger partial charge in [-0.1, -0.05) is 12.8 Å². The number of amides is 1. The van der Waals surface area contributed by atoms with E-state index in [1.807, 2.05) is 0 Å². The van der Waals surface area contributed by atoms with Crippen molar-refractivity contribution >= 4 is 11.9 Å². The molecule has 1 amide bonds. The van der Waals surface area contributed by atoms with E-state index in [-0.39, 0.29) is 17.9 Å². The van der Waals surface area contributed by atoms with Crippen LogP contribution >= 0.6 is 0 Å². The van der Waals surface area contributed by atoms with Crippen LogP contribution in [0.2, 0.25) is 0 Å². The van der Waals surface area contributed by atoms with Gasteiger partial charge in [0.15, 0.2) is 0 Å². The average Bonchev–Trinajstić information content (AvgIpc) is 3.12. The number of aliphatic carboxylic acids is 1. The summed E-state index contributed by atoms with van der Waals surface area (Å²) in [5, 5.41) is 13.7. The quantitative estimate of drug-likeness (QED) is 0.904. The summed E-state index contributed by atoms with van der Waals surface area (Å²) in [7, 11) is 0. The van der Waals surface area contributed by atoms with E-state index in [4.69, 9.17) is 0 Å². The number of carboxylic acid groups (broad SMARTS) is 1. The molecular formula is C15H22N4O3. The van der Waals surface area contributed by atoms with E-state index < -0.39 is 12.0 Å². The third-order valence-corrected chi connectivity index (χ3v) is 5.03.